The number of rotatable bonds is 8. The van der Waals surface area contributed by atoms with Crippen molar-refractivity contribution in [2.24, 2.45) is 0 Å². The van der Waals surface area contributed by atoms with E-state index in [2.05, 4.69) is 17.1 Å². The maximum Gasteiger partial charge on any atom is 0.251 e. The zero-order chi connectivity index (χ0) is 17.4. The molecule has 1 aliphatic rings. The van der Waals surface area contributed by atoms with Gasteiger partial charge in [0.05, 0.1) is 14.2 Å². The molecular formula is C19H30N2O3. The number of hydrogen-bond donors (Lipinski definition) is 1. The van der Waals surface area contributed by atoms with Crippen LogP contribution in [0.5, 0.6) is 11.5 Å². The van der Waals surface area contributed by atoms with Crippen LogP contribution in [0.25, 0.3) is 0 Å². The molecule has 1 fully saturated rings. The number of methoxy groups -OCH3 is 2. The number of benzene rings is 1. The molecule has 1 aliphatic heterocycles. The fourth-order valence-electron chi connectivity index (χ4n) is 3.38. The summed E-state index contributed by atoms with van der Waals surface area (Å²) in [6.45, 7) is 5.22. The number of piperidine rings is 1. The van der Waals surface area contributed by atoms with Gasteiger partial charge in [-0.1, -0.05) is 13.3 Å². The Bertz CT molecular complexity index is 533. The van der Waals surface area contributed by atoms with Gasteiger partial charge in [0.25, 0.3) is 5.91 Å². The fraction of sp³-hybridized carbons (Fsp3) is 0.632. The monoisotopic (exact) mass is 334 g/mol. The third kappa shape index (κ3) is 4.87. The van der Waals surface area contributed by atoms with Crippen LogP contribution >= 0.6 is 0 Å². The molecule has 134 valence electrons. The van der Waals surface area contributed by atoms with E-state index in [1.165, 1.54) is 32.2 Å². The molecule has 0 bridgehead atoms. The van der Waals surface area contributed by atoms with Gasteiger partial charge < -0.3 is 19.7 Å². The molecule has 0 saturated carbocycles. The highest BCUT2D eigenvalue weighted by molar-refractivity contribution is 5.94. The van der Waals surface area contributed by atoms with Crippen LogP contribution < -0.4 is 14.8 Å². The Morgan fingerprint density at radius 3 is 2.75 bits per heavy atom. The summed E-state index contributed by atoms with van der Waals surface area (Å²) < 4.78 is 10.4. The van der Waals surface area contributed by atoms with Crippen LogP contribution in [0.15, 0.2) is 18.2 Å². The largest absolute Gasteiger partial charge is 0.493 e. The van der Waals surface area contributed by atoms with Gasteiger partial charge in [0.1, 0.15) is 0 Å². The molecule has 5 heteroatoms. The molecule has 1 aromatic rings. The zero-order valence-electron chi connectivity index (χ0n) is 15.1. The summed E-state index contributed by atoms with van der Waals surface area (Å²) in [6.07, 6.45) is 6.17. The van der Waals surface area contributed by atoms with E-state index in [-0.39, 0.29) is 5.91 Å². The fourth-order valence-corrected chi connectivity index (χ4v) is 3.38. The lowest BCUT2D eigenvalue weighted by atomic mass is 10.00. The Morgan fingerprint density at radius 1 is 1.25 bits per heavy atom. The molecule has 1 N–H and O–H groups in total. The molecule has 24 heavy (non-hydrogen) atoms. The number of nitrogens with zero attached hydrogens (tertiary/aromatic N) is 1. The summed E-state index contributed by atoms with van der Waals surface area (Å²) in [5, 5.41) is 3.00. The summed E-state index contributed by atoms with van der Waals surface area (Å²) in [4.78, 5) is 14.8. The average molecular weight is 334 g/mol. The van der Waals surface area contributed by atoms with E-state index in [1.54, 1.807) is 32.4 Å². The van der Waals surface area contributed by atoms with Gasteiger partial charge in [0.2, 0.25) is 0 Å². The number of nitrogens with one attached hydrogen (secondary N) is 1. The van der Waals surface area contributed by atoms with E-state index >= 15 is 0 Å². The number of likely N-dealkylation sites (tertiary alicyclic amines) is 1. The molecule has 0 aromatic heterocycles. The lowest BCUT2D eigenvalue weighted by molar-refractivity contribution is 0.0947. The van der Waals surface area contributed by atoms with E-state index in [0.29, 0.717) is 23.6 Å². The predicted molar refractivity (Wildman–Crippen MR) is 96.0 cm³/mol. The first-order chi connectivity index (χ1) is 11.7. The van der Waals surface area contributed by atoms with Crippen LogP contribution in [-0.2, 0) is 0 Å². The van der Waals surface area contributed by atoms with Crippen molar-refractivity contribution in [2.75, 3.05) is 33.9 Å². The van der Waals surface area contributed by atoms with Gasteiger partial charge in [-0.05, 0) is 50.4 Å². The summed E-state index contributed by atoms with van der Waals surface area (Å²) in [5.41, 5.74) is 0.594. The molecule has 1 aromatic carbocycles. The molecule has 0 spiro atoms. The second-order valence-corrected chi connectivity index (χ2v) is 6.27. The third-order valence-corrected chi connectivity index (χ3v) is 4.77. The SMILES string of the molecule is CC[C@H]1CCCCN1CCCNC(=O)c1ccc(OC)c(OC)c1. The van der Waals surface area contributed by atoms with Crippen molar-refractivity contribution in [1.29, 1.82) is 0 Å². The Hall–Kier alpha value is -1.75. The second kappa shape index (κ2) is 9.52. The van der Waals surface area contributed by atoms with Crippen molar-refractivity contribution < 1.29 is 14.3 Å². The Labute approximate surface area is 145 Å². The minimum atomic E-state index is -0.0679. The minimum Gasteiger partial charge on any atom is -0.493 e. The summed E-state index contributed by atoms with van der Waals surface area (Å²) in [7, 11) is 3.16. The van der Waals surface area contributed by atoms with Gasteiger partial charge in [-0.3, -0.25) is 4.79 Å². The number of ether oxygens (including phenoxy) is 2. The van der Waals surface area contributed by atoms with Crippen molar-refractivity contribution in [3.05, 3.63) is 23.8 Å². The molecule has 5 nitrogen and oxygen atoms in total. The highest BCUT2D eigenvalue weighted by Crippen LogP contribution is 2.27. The Kier molecular flexibility index (Phi) is 7.37. The second-order valence-electron chi connectivity index (χ2n) is 6.27. The third-order valence-electron chi connectivity index (χ3n) is 4.77. The molecule has 1 amide bonds. The number of carbonyl (C=O) groups is 1. The molecule has 1 saturated heterocycles. The van der Waals surface area contributed by atoms with Crippen molar-refractivity contribution in [2.45, 2.75) is 45.1 Å². The molecule has 0 radical (unpaired) electrons. The lowest BCUT2D eigenvalue weighted by Crippen LogP contribution is -2.40. The highest BCUT2D eigenvalue weighted by atomic mass is 16.5. The molecule has 1 heterocycles. The molecule has 0 unspecified atom stereocenters. The standard InChI is InChI=1S/C19H30N2O3/c1-4-16-8-5-6-12-21(16)13-7-11-20-19(22)15-9-10-17(23-2)18(14-15)24-3/h9-10,14,16H,4-8,11-13H2,1-3H3,(H,20,22)/t16-/m0/s1. The van der Waals surface area contributed by atoms with Crippen LogP contribution in [0.4, 0.5) is 0 Å². The summed E-state index contributed by atoms with van der Waals surface area (Å²) in [6, 6.07) is 5.95. The van der Waals surface area contributed by atoms with Gasteiger partial charge in [-0.25, -0.2) is 0 Å². The number of hydrogen-bond acceptors (Lipinski definition) is 4. The maximum atomic E-state index is 12.3. The maximum absolute atomic E-state index is 12.3. The first-order valence-electron chi connectivity index (χ1n) is 8.93. The van der Waals surface area contributed by atoms with Crippen molar-refractivity contribution in [3.63, 3.8) is 0 Å². The summed E-state index contributed by atoms with van der Waals surface area (Å²) >= 11 is 0. The van der Waals surface area contributed by atoms with Crippen LogP contribution in [0.1, 0.15) is 49.4 Å². The van der Waals surface area contributed by atoms with E-state index < -0.39 is 0 Å². The van der Waals surface area contributed by atoms with Crippen LogP contribution in [-0.4, -0.2) is 50.7 Å². The molecule has 2 rings (SSSR count). The first kappa shape index (κ1) is 18.6. The van der Waals surface area contributed by atoms with Crippen LogP contribution in [0, 0.1) is 0 Å². The van der Waals surface area contributed by atoms with E-state index in [0.717, 1.165) is 19.0 Å². The minimum absolute atomic E-state index is 0.0679. The zero-order valence-corrected chi connectivity index (χ0v) is 15.1. The van der Waals surface area contributed by atoms with Gasteiger partial charge in [0, 0.05) is 24.7 Å². The van der Waals surface area contributed by atoms with Crippen LogP contribution in [0.3, 0.4) is 0 Å². The van der Waals surface area contributed by atoms with E-state index in [9.17, 15) is 4.79 Å². The first-order valence-corrected chi connectivity index (χ1v) is 8.93. The number of carbonyl (C=O) groups excluding carboxylic acids is 1. The van der Waals surface area contributed by atoms with Crippen molar-refractivity contribution >= 4 is 5.91 Å². The summed E-state index contributed by atoms with van der Waals surface area (Å²) in [5.74, 6) is 1.13. The smallest absolute Gasteiger partial charge is 0.251 e. The highest BCUT2D eigenvalue weighted by Gasteiger charge is 2.20. The van der Waals surface area contributed by atoms with Crippen molar-refractivity contribution in [1.82, 2.24) is 10.2 Å². The lowest BCUT2D eigenvalue weighted by Gasteiger charge is -2.35. The Balaban J connectivity index is 1.78. The molecule has 0 aliphatic carbocycles. The van der Waals surface area contributed by atoms with Gasteiger partial charge in [-0.15, -0.1) is 0 Å². The van der Waals surface area contributed by atoms with Crippen molar-refractivity contribution in [3.8, 4) is 11.5 Å². The Morgan fingerprint density at radius 2 is 2.04 bits per heavy atom. The van der Waals surface area contributed by atoms with E-state index in [1.807, 2.05) is 0 Å². The quantitative estimate of drug-likeness (QED) is 0.742. The predicted octanol–water partition coefficient (Wildman–Crippen LogP) is 3.09. The van der Waals surface area contributed by atoms with Crippen LogP contribution in [0.2, 0.25) is 0 Å². The average Bonchev–Trinajstić information content (AvgIpc) is 2.64. The van der Waals surface area contributed by atoms with Gasteiger partial charge in [-0.2, -0.15) is 0 Å². The van der Waals surface area contributed by atoms with Gasteiger partial charge >= 0.3 is 0 Å². The molecule has 1 atom stereocenters. The normalized spacial score (nSPS) is 18.2. The van der Waals surface area contributed by atoms with Gasteiger partial charge in [0.15, 0.2) is 11.5 Å². The van der Waals surface area contributed by atoms with E-state index in [4.69, 9.17) is 9.47 Å². The molecular weight excluding hydrogens is 304 g/mol. The number of amides is 1. The topological polar surface area (TPSA) is 50.8 Å².